The quantitative estimate of drug-likeness (QED) is 0.231. The van der Waals surface area contributed by atoms with Crippen molar-refractivity contribution in [1.82, 2.24) is 5.32 Å². The van der Waals surface area contributed by atoms with E-state index in [0.29, 0.717) is 14.8 Å². The highest BCUT2D eigenvalue weighted by Gasteiger charge is 2.28. The molecule has 1 aliphatic heterocycles. The van der Waals surface area contributed by atoms with Crippen LogP contribution in [0.15, 0.2) is 52.3 Å². The van der Waals surface area contributed by atoms with Crippen LogP contribution in [0.3, 0.4) is 0 Å². The predicted octanol–water partition coefficient (Wildman–Crippen LogP) is 2.86. The van der Waals surface area contributed by atoms with Gasteiger partial charge in [-0.2, -0.15) is 8.42 Å². The smallest absolute Gasteiger partial charge is 0.346 e. The Kier molecular flexibility index (Phi) is 5.86. The lowest BCUT2D eigenvalue weighted by molar-refractivity contribution is -0.387. The van der Waals surface area contributed by atoms with Crippen LogP contribution < -0.4 is 14.2 Å². The van der Waals surface area contributed by atoms with Gasteiger partial charge in [-0.3, -0.25) is 14.9 Å². The molecule has 0 atom stereocenters. The number of hydrogen-bond donors (Lipinski definition) is 1. The molecule has 0 saturated carbocycles. The van der Waals surface area contributed by atoms with E-state index in [1.54, 1.807) is 6.08 Å². The van der Waals surface area contributed by atoms with Crippen molar-refractivity contribution >= 4 is 56.1 Å². The zero-order chi connectivity index (χ0) is 21.2. The molecular weight excluding hydrogens is 440 g/mol. The van der Waals surface area contributed by atoms with E-state index in [1.807, 2.05) is 0 Å². The number of carbonyl (C=O) groups excluding carboxylic acids is 1. The summed E-state index contributed by atoms with van der Waals surface area (Å²) in [6.45, 7) is 0. The van der Waals surface area contributed by atoms with Gasteiger partial charge in [0.05, 0.1) is 16.9 Å². The van der Waals surface area contributed by atoms with E-state index in [0.717, 1.165) is 23.9 Å². The van der Waals surface area contributed by atoms with Crippen LogP contribution in [0.2, 0.25) is 0 Å². The van der Waals surface area contributed by atoms with Crippen molar-refractivity contribution in [2.75, 3.05) is 7.11 Å². The SMILES string of the molecule is COc1cc(/C=C2/SC(=S)NC2=O)ccc1OS(=O)(=O)c1ccccc1[N+](=O)[O-]. The number of methoxy groups -OCH3 is 1. The summed E-state index contributed by atoms with van der Waals surface area (Å²) in [7, 11) is -3.19. The van der Waals surface area contributed by atoms with Gasteiger partial charge < -0.3 is 14.2 Å². The first-order chi connectivity index (χ1) is 13.7. The minimum Gasteiger partial charge on any atom is -0.493 e. The number of ether oxygens (including phenoxy) is 1. The number of thioether (sulfide) groups is 1. The van der Waals surface area contributed by atoms with E-state index in [2.05, 4.69) is 5.32 Å². The summed E-state index contributed by atoms with van der Waals surface area (Å²) in [5, 5.41) is 13.6. The van der Waals surface area contributed by atoms with Gasteiger partial charge >= 0.3 is 10.1 Å². The van der Waals surface area contributed by atoms with Gasteiger partial charge in [0.15, 0.2) is 16.4 Å². The molecule has 0 radical (unpaired) electrons. The molecule has 1 saturated heterocycles. The number of nitrogens with zero attached hydrogens (tertiary/aromatic N) is 1. The van der Waals surface area contributed by atoms with Gasteiger partial charge in [0.25, 0.3) is 11.6 Å². The molecule has 1 heterocycles. The predicted molar refractivity (Wildman–Crippen MR) is 110 cm³/mol. The zero-order valence-corrected chi connectivity index (χ0v) is 17.1. The van der Waals surface area contributed by atoms with Crippen molar-refractivity contribution in [3.63, 3.8) is 0 Å². The first kappa shape index (κ1) is 20.8. The summed E-state index contributed by atoms with van der Waals surface area (Å²) in [5.41, 5.74) is -0.0623. The van der Waals surface area contributed by atoms with Crippen LogP contribution in [0.25, 0.3) is 6.08 Å². The second-order valence-electron chi connectivity index (χ2n) is 5.52. The van der Waals surface area contributed by atoms with Crippen LogP contribution in [0, 0.1) is 10.1 Å². The molecule has 9 nitrogen and oxygen atoms in total. The van der Waals surface area contributed by atoms with E-state index in [9.17, 15) is 23.3 Å². The zero-order valence-electron chi connectivity index (χ0n) is 14.6. The fourth-order valence-corrected chi connectivity index (χ4v) is 4.55. The fourth-order valence-electron chi connectivity index (χ4n) is 2.40. The molecule has 1 amide bonds. The molecule has 0 aliphatic carbocycles. The number of para-hydroxylation sites is 1. The van der Waals surface area contributed by atoms with E-state index >= 15 is 0 Å². The standard InChI is InChI=1S/C17H12N2O7S3/c1-25-13-8-10(9-14-16(20)18-17(27)28-14)6-7-12(13)26-29(23,24)15-5-3-2-4-11(15)19(21)22/h2-9H,1H3,(H,18,20,27)/b14-9+. The molecule has 0 aromatic heterocycles. The molecule has 150 valence electrons. The Morgan fingerprint density at radius 3 is 2.55 bits per heavy atom. The Morgan fingerprint density at radius 2 is 1.93 bits per heavy atom. The Labute approximate surface area is 175 Å². The fraction of sp³-hybridized carbons (Fsp3) is 0.0588. The first-order valence-corrected chi connectivity index (χ1v) is 10.5. The monoisotopic (exact) mass is 452 g/mol. The van der Waals surface area contributed by atoms with Crippen molar-refractivity contribution < 1.29 is 27.1 Å². The Hall–Kier alpha value is -2.96. The number of rotatable bonds is 6. The normalized spacial score (nSPS) is 15.3. The average Bonchev–Trinajstić information content (AvgIpc) is 2.99. The van der Waals surface area contributed by atoms with Gasteiger partial charge in [-0.1, -0.05) is 42.2 Å². The van der Waals surface area contributed by atoms with E-state index in [-0.39, 0.29) is 17.4 Å². The Balaban J connectivity index is 1.94. The van der Waals surface area contributed by atoms with E-state index in [1.165, 1.54) is 37.4 Å². The summed E-state index contributed by atoms with van der Waals surface area (Å²) < 4.78 is 35.7. The number of nitro groups is 1. The van der Waals surface area contributed by atoms with Gasteiger partial charge in [-0.25, -0.2) is 0 Å². The van der Waals surface area contributed by atoms with Crippen LogP contribution in [0.5, 0.6) is 11.5 Å². The lowest BCUT2D eigenvalue weighted by Crippen LogP contribution is -2.17. The van der Waals surface area contributed by atoms with Crippen molar-refractivity contribution in [2.45, 2.75) is 4.90 Å². The van der Waals surface area contributed by atoms with E-state index < -0.39 is 25.6 Å². The van der Waals surface area contributed by atoms with Crippen LogP contribution in [-0.4, -0.2) is 30.7 Å². The maximum atomic E-state index is 12.6. The molecule has 3 rings (SSSR count). The van der Waals surface area contributed by atoms with Crippen molar-refractivity contribution in [3.8, 4) is 11.5 Å². The second-order valence-corrected chi connectivity index (χ2v) is 8.76. The Bertz CT molecular complexity index is 1160. The number of carbonyl (C=O) groups is 1. The van der Waals surface area contributed by atoms with Gasteiger partial charge in [0.1, 0.15) is 4.32 Å². The lowest BCUT2D eigenvalue weighted by atomic mass is 10.2. The summed E-state index contributed by atoms with van der Waals surface area (Å²) >= 11 is 6.02. The topological polar surface area (TPSA) is 125 Å². The van der Waals surface area contributed by atoms with Crippen LogP contribution in [0.4, 0.5) is 5.69 Å². The van der Waals surface area contributed by atoms with Gasteiger partial charge in [-0.15, -0.1) is 0 Å². The van der Waals surface area contributed by atoms with Crippen LogP contribution in [-0.2, 0) is 14.9 Å². The second kappa shape index (κ2) is 8.19. The maximum absolute atomic E-state index is 12.6. The summed E-state index contributed by atoms with van der Waals surface area (Å²) in [6.07, 6.45) is 1.56. The van der Waals surface area contributed by atoms with Crippen LogP contribution in [0.1, 0.15) is 5.56 Å². The highest BCUT2D eigenvalue weighted by atomic mass is 32.2. The molecule has 2 aromatic rings. The number of hydrogen-bond acceptors (Lipinski definition) is 9. The summed E-state index contributed by atoms with van der Waals surface area (Å²) in [6, 6.07) is 9.15. The summed E-state index contributed by atoms with van der Waals surface area (Å²) in [4.78, 5) is 21.9. The van der Waals surface area contributed by atoms with Gasteiger partial charge in [-0.05, 0) is 29.8 Å². The molecule has 12 heteroatoms. The molecule has 2 aromatic carbocycles. The van der Waals surface area contributed by atoms with Crippen molar-refractivity contribution in [2.24, 2.45) is 0 Å². The number of benzene rings is 2. The highest BCUT2D eigenvalue weighted by Crippen LogP contribution is 2.34. The number of nitro benzene ring substituents is 1. The molecule has 1 aliphatic rings. The molecule has 1 fully saturated rings. The van der Waals surface area contributed by atoms with Crippen LogP contribution >= 0.6 is 24.0 Å². The molecular formula is C17H12N2O7S3. The molecule has 0 spiro atoms. The molecule has 0 bridgehead atoms. The van der Waals surface area contributed by atoms with Gasteiger partial charge in [0.2, 0.25) is 0 Å². The lowest BCUT2D eigenvalue weighted by Gasteiger charge is -2.11. The largest absolute Gasteiger partial charge is 0.493 e. The maximum Gasteiger partial charge on any atom is 0.346 e. The number of nitrogens with one attached hydrogen (secondary N) is 1. The third kappa shape index (κ3) is 4.55. The molecule has 0 unspecified atom stereocenters. The minimum absolute atomic E-state index is 0.0625. The molecule has 29 heavy (non-hydrogen) atoms. The third-order valence-electron chi connectivity index (χ3n) is 3.66. The number of thiocarbonyl (C=S) groups is 1. The van der Waals surface area contributed by atoms with Crippen molar-refractivity contribution in [3.05, 3.63) is 63.0 Å². The highest BCUT2D eigenvalue weighted by molar-refractivity contribution is 8.26. The van der Waals surface area contributed by atoms with E-state index in [4.69, 9.17) is 21.1 Å². The average molecular weight is 452 g/mol. The first-order valence-electron chi connectivity index (χ1n) is 7.82. The third-order valence-corrected chi connectivity index (χ3v) is 6.10. The number of amides is 1. The minimum atomic E-state index is -4.50. The summed E-state index contributed by atoms with van der Waals surface area (Å²) in [5.74, 6) is -0.433. The van der Waals surface area contributed by atoms with Crippen molar-refractivity contribution in [1.29, 1.82) is 0 Å². The van der Waals surface area contributed by atoms with Gasteiger partial charge in [0, 0.05) is 6.07 Å². The Morgan fingerprint density at radius 1 is 1.21 bits per heavy atom. The molecule has 1 N–H and O–H groups in total.